The molecule has 3 unspecified atom stereocenters. The molecular weight excluding hydrogens is 601 g/mol. The third kappa shape index (κ3) is 6.74. The number of carbonyl (C=O) groups is 3. The molecule has 0 saturated heterocycles. The number of carbonyl (C=O) groups excluding carboxylic acids is 3. The first kappa shape index (κ1) is 27.6. The predicted molar refractivity (Wildman–Crippen MR) is 156 cm³/mol. The summed E-state index contributed by atoms with van der Waals surface area (Å²) in [7, 11) is 0. The highest BCUT2D eigenvalue weighted by atomic mass is 127. The van der Waals surface area contributed by atoms with Gasteiger partial charge < -0.3 is 5.32 Å². The van der Waals surface area contributed by atoms with E-state index in [0.717, 1.165) is 29.7 Å². The van der Waals surface area contributed by atoms with Gasteiger partial charge >= 0.3 is 0 Å². The molecule has 0 radical (unpaired) electrons. The van der Waals surface area contributed by atoms with Gasteiger partial charge in [0, 0.05) is 53.8 Å². The Labute approximate surface area is 236 Å². The molecule has 0 aliphatic heterocycles. The molecule has 4 rings (SSSR count). The lowest BCUT2D eigenvalue weighted by atomic mass is 10.0. The summed E-state index contributed by atoms with van der Waals surface area (Å²) in [4.78, 5) is 47.0. The van der Waals surface area contributed by atoms with Crippen LogP contribution in [-0.4, -0.2) is 32.1 Å². The maximum absolute atomic E-state index is 12.7. The number of aliphatic imine (C=N–C) groups is 1. The van der Waals surface area contributed by atoms with E-state index < -0.39 is 3.42 Å². The summed E-state index contributed by atoms with van der Waals surface area (Å²) < 4.78 is -0.424. The zero-order valence-corrected chi connectivity index (χ0v) is 24.0. The van der Waals surface area contributed by atoms with Crippen molar-refractivity contribution >= 4 is 63.6 Å². The average Bonchev–Trinajstić information content (AvgIpc) is 3.57. The molecule has 1 heterocycles. The topological polar surface area (TPSA) is 88.5 Å². The molecule has 1 aromatic carbocycles. The molecule has 6 nitrogen and oxygen atoms in total. The highest BCUT2D eigenvalue weighted by molar-refractivity contribution is 14.1. The van der Waals surface area contributed by atoms with E-state index in [2.05, 4.69) is 39.8 Å². The smallest absolute Gasteiger partial charge is 0.224 e. The Morgan fingerprint density at radius 3 is 2.73 bits per heavy atom. The molecule has 1 aromatic heterocycles. The number of nitrogens with zero attached hydrogens (tertiary/aromatic N) is 2. The summed E-state index contributed by atoms with van der Waals surface area (Å²) in [6.45, 7) is 3.90. The van der Waals surface area contributed by atoms with Gasteiger partial charge in [0.25, 0.3) is 0 Å². The maximum atomic E-state index is 12.7. The van der Waals surface area contributed by atoms with E-state index in [-0.39, 0.29) is 29.3 Å². The molecule has 194 valence electrons. The van der Waals surface area contributed by atoms with Crippen LogP contribution in [0.25, 0.3) is 11.1 Å². The van der Waals surface area contributed by atoms with Crippen molar-refractivity contribution < 1.29 is 14.4 Å². The number of nitrogens with one attached hydrogen (secondary N) is 1. The van der Waals surface area contributed by atoms with Gasteiger partial charge in [-0.2, -0.15) is 0 Å². The minimum absolute atomic E-state index is 0.000112. The van der Waals surface area contributed by atoms with E-state index in [1.165, 1.54) is 0 Å². The van der Waals surface area contributed by atoms with Gasteiger partial charge in [-0.3, -0.25) is 24.4 Å². The summed E-state index contributed by atoms with van der Waals surface area (Å²) in [5.41, 5.74) is 3.93. The summed E-state index contributed by atoms with van der Waals surface area (Å²) in [6, 6.07) is 9.36. The van der Waals surface area contributed by atoms with Crippen molar-refractivity contribution in [2.24, 2.45) is 16.8 Å². The summed E-state index contributed by atoms with van der Waals surface area (Å²) in [6.07, 6.45) is 9.25. The number of hydrogen-bond donors (Lipinski definition) is 1. The van der Waals surface area contributed by atoms with Crippen molar-refractivity contribution in [3.8, 4) is 11.1 Å². The van der Waals surface area contributed by atoms with Gasteiger partial charge in [-0.05, 0) is 62.3 Å². The van der Waals surface area contributed by atoms with Crippen LogP contribution in [0.5, 0.6) is 0 Å². The quantitative estimate of drug-likeness (QED) is 0.193. The average molecular weight is 632 g/mol. The van der Waals surface area contributed by atoms with E-state index in [1.807, 2.05) is 43.5 Å². The number of aromatic nitrogens is 1. The van der Waals surface area contributed by atoms with Gasteiger partial charge in [0.2, 0.25) is 5.91 Å². The fourth-order valence-electron chi connectivity index (χ4n) is 4.67. The zero-order chi connectivity index (χ0) is 26.6. The first-order valence-electron chi connectivity index (χ1n) is 12.7. The molecule has 8 heteroatoms. The van der Waals surface area contributed by atoms with Crippen molar-refractivity contribution in [2.75, 3.05) is 5.32 Å². The lowest BCUT2D eigenvalue weighted by Crippen LogP contribution is -2.18. The van der Waals surface area contributed by atoms with Crippen LogP contribution in [-0.2, 0) is 14.4 Å². The number of allylic oxidation sites excluding steroid dienone is 2. The number of ketones is 2. The van der Waals surface area contributed by atoms with Crippen LogP contribution in [0, 0.1) is 11.8 Å². The van der Waals surface area contributed by atoms with Crippen LogP contribution < -0.4 is 5.32 Å². The Kier molecular flexibility index (Phi) is 8.95. The lowest BCUT2D eigenvalue weighted by Gasteiger charge is -2.12. The second-order valence-corrected chi connectivity index (χ2v) is 12.2. The number of amides is 1. The molecule has 1 N–H and O–H groups in total. The fraction of sp³-hybridized carbons (Fsp3) is 0.414. The van der Waals surface area contributed by atoms with Crippen molar-refractivity contribution in [3.63, 3.8) is 0 Å². The van der Waals surface area contributed by atoms with Crippen LogP contribution in [0.2, 0.25) is 5.02 Å². The third-order valence-corrected chi connectivity index (χ3v) is 9.23. The molecule has 0 bridgehead atoms. The minimum Gasteiger partial charge on any atom is -0.325 e. The highest BCUT2D eigenvalue weighted by Gasteiger charge is 2.59. The largest absolute Gasteiger partial charge is 0.325 e. The molecule has 1 amide bonds. The first-order valence-corrected chi connectivity index (χ1v) is 14.2. The van der Waals surface area contributed by atoms with E-state index in [4.69, 9.17) is 16.6 Å². The minimum atomic E-state index is -0.424. The molecule has 3 atom stereocenters. The predicted octanol–water partition coefficient (Wildman–Crippen LogP) is 7.01. The number of hydrogen-bond acceptors (Lipinski definition) is 5. The molecule has 2 aromatic rings. The van der Waals surface area contributed by atoms with E-state index in [9.17, 15) is 14.4 Å². The van der Waals surface area contributed by atoms with Crippen molar-refractivity contribution in [1.82, 2.24) is 4.98 Å². The van der Waals surface area contributed by atoms with Crippen LogP contribution in [0.4, 0.5) is 5.69 Å². The van der Waals surface area contributed by atoms with Crippen LogP contribution in [0.3, 0.4) is 0 Å². The lowest BCUT2D eigenvalue weighted by molar-refractivity contribution is -0.119. The summed E-state index contributed by atoms with van der Waals surface area (Å²) in [5.74, 6) is 0.306. The Hall–Kier alpha value is -2.39. The van der Waals surface area contributed by atoms with Gasteiger partial charge in [-0.15, -0.1) is 0 Å². The van der Waals surface area contributed by atoms with Crippen molar-refractivity contribution in [1.29, 1.82) is 0 Å². The SMILES string of the molecule is CCC(/C=N\C1=C(/C)C(=O)CCCC(=O)C2(I)CC12)CCC(=O)Nc1cncc(-c2ccc(Cl)cc2)c1. The molecule has 0 spiro atoms. The van der Waals surface area contributed by atoms with Gasteiger partial charge in [0.05, 0.1) is 21.0 Å². The molecule has 1 fully saturated rings. The number of Topliss-reactive ketones (excluding diaryl/α,β-unsaturated/α-hetero) is 2. The van der Waals surface area contributed by atoms with Gasteiger partial charge in [-0.1, -0.05) is 53.2 Å². The molecule has 2 aliphatic rings. The van der Waals surface area contributed by atoms with E-state index >= 15 is 0 Å². The Morgan fingerprint density at radius 1 is 1.24 bits per heavy atom. The van der Waals surface area contributed by atoms with Crippen molar-refractivity contribution in [2.45, 2.75) is 62.2 Å². The Balaban J connectivity index is 1.38. The normalized spacial score (nSPS) is 24.7. The van der Waals surface area contributed by atoms with Crippen LogP contribution >= 0.6 is 34.2 Å². The van der Waals surface area contributed by atoms with E-state index in [0.29, 0.717) is 48.4 Å². The first-order chi connectivity index (χ1) is 17.7. The van der Waals surface area contributed by atoms with Crippen LogP contribution in [0.1, 0.15) is 58.8 Å². The number of rotatable bonds is 8. The van der Waals surface area contributed by atoms with Crippen LogP contribution in [0.15, 0.2) is 59.0 Å². The fourth-order valence-corrected chi connectivity index (χ4v) is 5.80. The molecule has 1 saturated carbocycles. The third-order valence-electron chi connectivity index (χ3n) is 7.19. The van der Waals surface area contributed by atoms with Gasteiger partial charge in [-0.25, -0.2) is 0 Å². The van der Waals surface area contributed by atoms with Gasteiger partial charge in [0.15, 0.2) is 5.78 Å². The highest BCUT2D eigenvalue weighted by Crippen LogP contribution is 2.58. The molecular formula is C29H31ClIN3O3. The number of anilines is 1. The number of pyridine rings is 1. The second kappa shape index (κ2) is 12.0. The Bertz CT molecular complexity index is 1260. The second-order valence-electron chi connectivity index (χ2n) is 9.83. The number of benzene rings is 1. The monoisotopic (exact) mass is 631 g/mol. The van der Waals surface area contributed by atoms with Gasteiger partial charge in [0.1, 0.15) is 5.78 Å². The van der Waals surface area contributed by atoms with E-state index in [1.54, 1.807) is 12.4 Å². The summed E-state index contributed by atoms with van der Waals surface area (Å²) in [5, 5.41) is 3.61. The number of alkyl halides is 1. The molecule has 2 aliphatic carbocycles. The summed E-state index contributed by atoms with van der Waals surface area (Å²) >= 11 is 8.24. The van der Waals surface area contributed by atoms with Crippen molar-refractivity contribution in [3.05, 3.63) is 59.0 Å². The zero-order valence-electron chi connectivity index (χ0n) is 21.1. The standard InChI is InChI=1S/C29H31ClIN3O3/c1-3-19(15-33-28-18(2)25(35)5-4-6-26(36)29(31)14-24(28)29)7-12-27(37)34-23-13-21(16-32-17-23)20-8-10-22(30)11-9-20/h8-11,13,15-17,19,24H,3-7,12,14H2,1-2H3,(H,34,37)/b28-18+,33-15-. The maximum Gasteiger partial charge on any atom is 0.224 e. The number of fused-ring (bicyclic) bond motifs is 1. The number of halogens is 2. The molecule has 37 heavy (non-hydrogen) atoms. The Morgan fingerprint density at radius 2 is 2.00 bits per heavy atom.